The average molecular weight is 291 g/mol. The van der Waals surface area contributed by atoms with Gasteiger partial charge in [0.2, 0.25) is 5.91 Å². The maximum atomic E-state index is 12.1. The van der Waals surface area contributed by atoms with Gasteiger partial charge in [0.05, 0.1) is 6.61 Å². The molecule has 1 fully saturated rings. The maximum absolute atomic E-state index is 12.1. The number of likely N-dealkylation sites (tertiary alicyclic amines) is 1. The van der Waals surface area contributed by atoms with E-state index < -0.39 is 0 Å². The number of aliphatic hydroxyl groups is 1. The minimum absolute atomic E-state index is 0.0139. The zero-order valence-corrected chi connectivity index (χ0v) is 12.8. The van der Waals surface area contributed by atoms with E-state index in [2.05, 4.69) is 17.1 Å². The van der Waals surface area contributed by atoms with E-state index in [9.17, 15) is 9.90 Å². The van der Waals surface area contributed by atoms with Gasteiger partial charge in [0, 0.05) is 30.4 Å². The van der Waals surface area contributed by atoms with Crippen molar-refractivity contribution in [2.75, 3.05) is 30.7 Å². The van der Waals surface area contributed by atoms with Crippen LogP contribution in [0.15, 0.2) is 18.2 Å². The lowest BCUT2D eigenvalue weighted by molar-refractivity contribution is -0.116. The molecule has 2 atom stereocenters. The number of nitrogens with zero attached hydrogens (tertiary/aromatic N) is 1. The highest BCUT2D eigenvalue weighted by Gasteiger charge is 2.30. The minimum atomic E-state index is -0.0139. The summed E-state index contributed by atoms with van der Waals surface area (Å²) < 4.78 is 0. The summed E-state index contributed by atoms with van der Waals surface area (Å²) in [6.07, 6.45) is 1.51. The van der Waals surface area contributed by atoms with Crippen LogP contribution >= 0.6 is 0 Å². The third kappa shape index (κ3) is 3.74. The number of rotatable bonds is 5. The zero-order valence-electron chi connectivity index (χ0n) is 12.8. The third-order valence-electron chi connectivity index (χ3n) is 4.46. The van der Waals surface area contributed by atoms with Crippen molar-refractivity contribution in [3.8, 4) is 0 Å². The largest absolute Gasteiger partial charge is 0.398 e. The number of aliphatic hydroxyl groups excluding tert-OH is 1. The predicted octanol–water partition coefficient (Wildman–Crippen LogP) is 1.61. The molecule has 0 spiro atoms. The second-order valence-electron chi connectivity index (χ2n) is 5.87. The standard InChI is InChI=1S/C16H25N3O2/c1-11-6-8-19(15(11)10-20)9-7-16(21)18-14-5-3-4-13(17)12(14)2/h3-5,11,15,20H,6-10,17H2,1-2H3,(H,18,21). The number of nitrogens with two attached hydrogens (primary N) is 1. The Morgan fingerprint density at radius 1 is 1.52 bits per heavy atom. The molecule has 0 saturated carbocycles. The van der Waals surface area contributed by atoms with Crippen molar-refractivity contribution in [3.05, 3.63) is 23.8 Å². The van der Waals surface area contributed by atoms with Crippen LogP contribution in [0.4, 0.5) is 11.4 Å². The lowest BCUT2D eigenvalue weighted by atomic mass is 10.0. The van der Waals surface area contributed by atoms with Crippen molar-refractivity contribution in [3.63, 3.8) is 0 Å². The molecule has 1 heterocycles. The summed E-state index contributed by atoms with van der Waals surface area (Å²) in [5, 5.41) is 12.3. The van der Waals surface area contributed by atoms with E-state index in [1.807, 2.05) is 25.1 Å². The number of anilines is 2. The predicted molar refractivity (Wildman–Crippen MR) is 85.1 cm³/mol. The number of nitrogen functional groups attached to an aromatic ring is 1. The summed E-state index contributed by atoms with van der Waals surface area (Å²) in [5.74, 6) is 0.481. The highest BCUT2D eigenvalue weighted by Crippen LogP contribution is 2.24. The van der Waals surface area contributed by atoms with Crippen molar-refractivity contribution in [1.29, 1.82) is 0 Å². The number of hydrogen-bond acceptors (Lipinski definition) is 4. The second kappa shape index (κ2) is 6.91. The molecular weight excluding hydrogens is 266 g/mol. The van der Waals surface area contributed by atoms with Gasteiger partial charge in [-0.1, -0.05) is 13.0 Å². The lowest BCUT2D eigenvalue weighted by Gasteiger charge is -2.24. The van der Waals surface area contributed by atoms with Gasteiger partial charge in [0.25, 0.3) is 0 Å². The van der Waals surface area contributed by atoms with Crippen molar-refractivity contribution in [2.24, 2.45) is 5.92 Å². The molecule has 1 amide bonds. The fourth-order valence-electron chi connectivity index (χ4n) is 2.91. The van der Waals surface area contributed by atoms with Gasteiger partial charge in [-0.25, -0.2) is 0 Å². The number of nitrogens with one attached hydrogen (secondary N) is 1. The zero-order chi connectivity index (χ0) is 15.4. The van der Waals surface area contributed by atoms with Crippen LogP contribution in [0.1, 0.15) is 25.3 Å². The van der Waals surface area contributed by atoms with E-state index in [-0.39, 0.29) is 18.6 Å². The molecule has 5 nitrogen and oxygen atoms in total. The monoisotopic (exact) mass is 291 g/mol. The van der Waals surface area contributed by atoms with Gasteiger partial charge >= 0.3 is 0 Å². The van der Waals surface area contributed by atoms with Gasteiger partial charge in [-0.15, -0.1) is 0 Å². The number of amides is 1. The van der Waals surface area contributed by atoms with Crippen LogP contribution in [-0.4, -0.2) is 41.7 Å². The minimum Gasteiger partial charge on any atom is -0.398 e. The molecule has 2 unspecified atom stereocenters. The van der Waals surface area contributed by atoms with E-state index in [0.717, 1.165) is 24.2 Å². The summed E-state index contributed by atoms with van der Waals surface area (Å²) in [6, 6.07) is 5.70. The molecule has 5 heteroatoms. The fraction of sp³-hybridized carbons (Fsp3) is 0.562. The summed E-state index contributed by atoms with van der Waals surface area (Å²) >= 11 is 0. The molecule has 1 aliphatic heterocycles. The van der Waals surface area contributed by atoms with Gasteiger partial charge in [0.15, 0.2) is 0 Å². The lowest BCUT2D eigenvalue weighted by Crippen LogP contribution is -2.37. The first-order valence-corrected chi connectivity index (χ1v) is 7.52. The van der Waals surface area contributed by atoms with E-state index in [4.69, 9.17) is 5.73 Å². The van der Waals surface area contributed by atoms with E-state index >= 15 is 0 Å². The van der Waals surface area contributed by atoms with E-state index in [1.165, 1.54) is 0 Å². The van der Waals surface area contributed by atoms with Crippen LogP contribution in [0.2, 0.25) is 0 Å². The Kier molecular flexibility index (Phi) is 5.20. The van der Waals surface area contributed by atoms with Crippen LogP contribution < -0.4 is 11.1 Å². The molecule has 4 N–H and O–H groups in total. The summed E-state index contributed by atoms with van der Waals surface area (Å²) in [7, 11) is 0. The van der Waals surface area contributed by atoms with Crippen LogP contribution in [0.25, 0.3) is 0 Å². The Hall–Kier alpha value is -1.59. The number of carbonyl (C=O) groups excluding carboxylic acids is 1. The Balaban J connectivity index is 1.87. The molecule has 0 radical (unpaired) electrons. The van der Waals surface area contributed by atoms with E-state index in [0.29, 0.717) is 24.6 Å². The van der Waals surface area contributed by atoms with Gasteiger partial charge in [-0.2, -0.15) is 0 Å². The SMILES string of the molecule is Cc1c(N)cccc1NC(=O)CCN1CCC(C)C1CO. The first-order valence-electron chi connectivity index (χ1n) is 7.52. The van der Waals surface area contributed by atoms with Crippen LogP contribution in [-0.2, 0) is 4.79 Å². The molecule has 21 heavy (non-hydrogen) atoms. The first-order chi connectivity index (χ1) is 10.0. The molecule has 116 valence electrons. The highest BCUT2D eigenvalue weighted by atomic mass is 16.3. The fourth-order valence-corrected chi connectivity index (χ4v) is 2.91. The van der Waals surface area contributed by atoms with Gasteiger partial charge < -0.3 is 16.2 Å². The molecule has 0 aliphatic carbocycles. The Morgan fingerprint density at radius 2 is 2.29 bits per heavy atom. The normalized spacial score (nSPS) is 22.4. The molecule has 1 aromatic carbocycles. The topological polar surface area (TPSA) is 78.6 Å². The highest BCUT2D eigenvalue weighted by molar-refractivity contribution is 5.92. The first kappa shape index (κ1) is 15.8. The van der Waals surface area contributed by atoms with E-state index in [1.54, 1.807) is 0 Å². The number of hydrogen-bond donors (Lipinski definition) is 3. The molecule has 2 rings (SSSR count). The molecule has 1 saturated heterocycles. The van der Waals surface area contributed by atoms with Crippen molar-refractivity contribution in [2.45, 2.75) is 32.7 Å². The van der Waals surface area contributed by atoms with Crippen LogP contribution in [0.3, 0.4) is 0 Å². The second-order valence-corrected chi connectivity index (χ2v) is 5.87. The Labute approximate surface area is 126 Å². The summed E-state index contributed by atoms with van der Waals surface area (Å²) in [4.78, 5) is 14.3. The number of benzene rings is 1. The molecule has 1 aromatic rings. The van der Waals surface area contributed by atoms with Crippen LogP contribution in [0, 0.1) is 12.8 Å². The molecule has 0 bridgehead atoms. The van der Waals surface area contributed by atoms with Crippen molar-refractivity contribution < 1.29 is 9.90 Å². The van der Waals surface area contributed by atoms with Gasteiger partial charge in [-0.05, 0) is 43.5 Å². The van der Waals surface area contributed by atoms with Gasteiger partial charge in [-0.3, -0.25) is 9.69 Å². The Morgan fingerprint density at radius 3 is 3.00 bits per heavy atom. The Bertz CT molecular complexity index is 504. The summed E-state index contributed by atoms with van der Waals surface area (Å²) in [6.45, 7) is 5.85. The molecular formula is C16H25N3O2. The quantitative estimate of drug-likeness (QED) is 0.720. The van der Waals surface area contributed by atoms with Crippen molar-refractivity contribution >= 4 is 17.3 Å². The maximum Gasteiger partial charge on any atom is 0.225 e. The molecule has 0 aromatic heterocycles. The summed E-state index contributed by atoms with van der Waals surface area (Å²) in [5.41, 5.74) is 8.18. The van der Waals surface area contributed by atoms with Crippen LogP contribution in [0.5, 0.6) is 0 Å². The average Bonchev–Trinajstić information content (AvgIpc) is 2.82. The number of carbonyl (C=O) groups is 1. The third-order valence-corrected chi connectivity index (χ3v) is 4.46. The van der Waals surface area contributed by atoms with Gasteiger partial charge in [0.1, 0.15) is 0 Å². The smallest absolute Gasteiger partial charge is 0.225 e. The molecule has 1 aliphatic rings. The van der Waals surface area contributed by atoms with Crippen molar-refractivity contribution in [1.82, 2.24) is 4.90 Å².